The van der Waals surface area contributed by atoms with Crippen LogP contribution in [0.3, 0.4) is 0 Å². The second-order valence-corrected chi connectivity index (χ2v) is 4.20. The van der Waals surface area contributed by atoms with Crippen molar-refractivity contribution in [1.29, 1.82) is 0 Å². The lowest BCUT2D eigenvalue weighted by Gasteiger charge is -1.98. The van der Waals surface area contributed by atoms with Crippen LogP contribution in [0.15, 0.2) is 24.3 Å². The summed E-state index contributed by atoms with van der Waals surface area (Å²) in [6.07, 6.45) is 3.62. The van der Waals surface area contributed by atoms with E-state index in [4.69, 9.17) is 0 Å². The number of benzene rings is 1. The predicted molar refractivity (Wildman–Crippen MR) is 75.2 cm³/mol. The van der Waals surface area contributed by atoms with Gasteiger partial charge in [-0.25, -0.2) is 4.79 Å². The van der Waals surface area contributed by atoms with E-state index in [0.29, 0.717) is 12.1 Å². The summed E-state index contributed by atoms with van der Waals surface area (Å²) in [5.41, 5.74) is 1.98. The number of carbonyl (C=O) groups excluding carboxylic acids is 2. The summed E-state index contributed by atoms with van der Waals surface area (Å²) in [7, 11) is 1.34. The topological polar surface area (TPSA) is 84.1 Å². The van der Waals surface area contributed by atoms with Crippen LogP contribution in [0.2, 0.25) is 0 Å². The quantitative estimate of drug-likeness (QED) is 0.827. The van der Waals surface area contributed by atoms with Gasteiger partial charge in [0.1, 0.15) is 0 Å². The van der Waals surface area contributed by atoms with E-state index >= 15 is 0 Å². The van der Waals surface area contributed by atoms with E-state index < -0.39 is 0 Å². The maximum atomic E-state index is 11.4. The van der Waals surface area contributed by atoms with Gasteiger partial charge in [0.15, 0.2) is 0 Å². The molecule has 0 unspecified atom stereocenters. The van der Waals surface area contributed by atoms with Crippen LogP contribution >= 0.6 is 0 Å². The van der Waals surface area contributed by atoms with Crippen molar-refractivity contribution < 1.29 is 14.3 Å². The highest BCUT2D eigenvalue weighted by atomic mass is 16.5. The Morgan fingerprint density at radius 3 is 2.95 bits per heavy atom. The van der Waals surface area contributed by atoms with Gasteiger partial charge in [-0.1, -0.05) is 6.08 Å². The third-order valence-corrected chi connectivity index (χ3v) is 2.76. The van der Waals surface area contributed by atoms with Crippen molar-refractivity contribution in [1.82, 2.24) is 15.5 Å². The molecule has 104 valence electrons. The zero-order valence-electron chi connectivity index (χ0n) is 11.3. The molecule has 2 rings (SSSR count). The van der Waals surface area contributed by atoms with Crippen LogP contribution in [-0.2, 0) is 9.53 Å². The van der Waals surface area contributed by atoms with E-state index in [1.807, 2.05) is 18.2 Å². The number of nitrogens with zero attached hydrogens (tertiary/aromatic N) is 1. The molecular weight excluding hydrogens is 258 g/mol. The highest BCUT2D eigenvalue weighted by Crippen LogP contribution is 2.19. The van der Waals surface area contributed by atoms with Gasteiger partial charge >= 0.3 is 5.97 Å². The van der Waals surface area contributed by atoms with Gasteiger partial charge in [0.05, 0.1) is 23.9 Å². The molecule has 0 saturated heterocycles. The molecule has 0 radical (unpaired) electrons. The van der Waals surface area contributed by atoms with Crippen molar-refractivity contribution in [2.75, 3.05) is 13.7 Å². The molecule has 1 heterocycles. The largest absolute Gasteiger partial charge is 0.465 e. The number of nitrogens with one attached hydrogen (secondary N) is 2. The Hall–Kier alpha value is -2.63. The number of hydrogen-bond acceptors (Lipinski definition) is 4. The first-order chi connectivity index (χ1) is 9.61. The van der Waals surface area contributed by atoms with E-state index in [-0.39, 0.29) is 11.9 Å². The predicted octanol–water partition coefficient (Wildman–Crippen LogP) is 1.50. The molecule has 1 aromatic carbocycles. The summed E-state index contributed by atoms with van der Waals surface area (Å²) in [6.45, 7) is 1.91. The lowest BCUT2D eigenvalue weighted by atomic mass is 10.1. The van der Waals surface area contributed by atoms with E-state index in [1.165, 1.54) is 14.0 Å². The molecule has 0 saturated carbocycles. The number of methoxy groups -OCH3 is 1. The van der Waals surface area contributed by atoms with E-state index in [2.05, 4.69) is 20.3 Å². The number of H-pyrrole nitrogens is 1. The van der Waals surface area contributed by atoms with E-state index in [0.717, 1.165) is 16.6 Å². The lowest BCUT2D eigenvalue weighted by Crippen LogP contribution is -2.19. The molecule has 0 spiro atoms. The molecule has 2 N–H and O–H groups in total. The fraction of sp³-hybridized carbons (Fsp3) is 0.214. The van der Waals surface area contributed by atoms with Crippen LogP contribution < -0.4 is 5.32 Å². The summed E-state index contributed by atoms with van der Waals surface area (Å²) in [5, 5.41) is 10.6. The number of amides is 1. The first-order valence-corrected chi connectivity index (χ1v) is 6.09. The Bertz CT molecular complexity index is 673. The fourth-order valence-electron chi connectivity index (χ4n) is 1.79. The summed E-state index contributed by atoms with van der Waals surface area (Å²) in [5.74, 6) is -0.464. The Kier molecular flexibility index (Phi) is 4.14. The minimum atomic E-state index is -0.385. The van der Waals surface area contributed by atoms with Crippen LogP contribution in [0, 0.1) is 0 Å². The molecule has 20 heavy (non-hydrogen) atoms. The van der Waals surface area contributed by atoms with Gasteiger partial charge in [0.25, 0.3) is 0 Å². The first kappa shape index (κ1) is 13.8. The minimum Gasteiger partial charge on any atom is -0.465 e. The number of hydrogen-bond donors (Lipinski definition) is 2. The van der Waals surface area contributed by atoms with Gasteiger partial charge in [-0.05, 0) is 24.3 Å². The van der Waals surface area contributed by atoms with Crippen LogP contribution in [0.25, 0.3) is 17.0 Å². The molecule has 6 heteroatoms. The summed E-state index contributed by atoms with van der Waals surface area (Å²) >= 11 is 0. The second-order valence-electron chi connectivity index (χ2n) is 4.20. The van der Waals surface area contributed by atoms with Crippen LogP contribution in [-0.4, -0.2) is 35.7 Å². The lowest BCUT2D eigenvalue weighted by molar-refractivity contribution is -0.118. The standard InChI is InChI=1S/C14H15N3O3/c1-9(18)15-7-3-4-12-11-6-5-10(14(19)20-2)8-13(11)17-16-12/h3-6,8H,7H2,1-2H3,(H,15,18)(H,16,17). The van der Waals surface area contributed by atoms with Gasteiger partial charge in [-0.3, -0.25) is 9.89 Å². The van der Waals surface area contributed by atoms with Crippen molar-refractivity contribution in [2.45, 2.75) is 6.92 Å². The molecular formula is C14H15N3O3. The van der Waals surface area contributed by atoms with Gasteiger partial charge in [0, 0.05) is 18.9 Å². The number of esters is 1. The molecule has 1 amide bonds. The average Bonchev–Trinajstić information content (AvgIpc) is 2.84. The van der Waals surface area contributed by atoms with Crippen molar-refractivity contribution in [3.05, 3.63) is 35.5 Å². The Morgan fingerprint density at radius 1 is 1.45 bits per heavy atom. The summed E-state index contributed by atoms with van der Waals surface area (Å²) in [4.78, 5) is 22.2. The van der Waals surface area contributed by atoms with Gasteiger partial charge in [-0.2, -0.15) is 5.10 Å². The SMILES string of the molecule is COC(=O)c1ccc2c(C=CCNC(C)=O)n[nH]c2c1. The number of rotatable bonds is 4. The molecule has 6 nitrogen and oxygen atoms in total. The monoisotopic (exact) mass is 273 g/mol. The fourth-order valence-corrected chi connectivity index (χ4v) is 1.79. The first-order valence-electron chi connectivity index (χ1n) is 6.09. The Labute approximate surface area is 115 Å². The number of ether oxygens (including phenoxy) is 1. The summed E-state index contributed by atoms with van der Waals surface area (Å²) < 4.78 is 4.67. The van der Waals surface area contributed by atoms with E-state index in [9.17, 15) is 9.59 Å². The molecule has 2 aromatic rings. The second kappa shape index (κ2) is 6.01. The van der Waals surface area contributed by atoms with Crippen molar-refractivity contribution in [3.8, 4) is 0 Å². The molecule has 0 aliphatic rings. The van der Waals surface area contributed by atoms with Crippen LogP contribution in [0.5, 0.6) is 0 Å². The number of carbonyl (C=O) groups is 2. The van der Waals surface area contributed by atoms with E-state index in [1.54, 1.807) is 12.1 Å². The molecule has 0 aliphatic carbocycles. The normalized spacial score (nSPS) is 10.9. The van der Waals surface area contributed by atoms with Gasteiger partial charge in [-0.15, -0.1) is 0 Å². The highest BCUT2D eigenvalue weighted by Gasteiger charge is 2.08. The van der Waals surface area contributed by atoms with Crippen LogP contribution in [0.1, 0.15) is 23.0 Å². The molecule has 0 fully saturated rings. The number of fused-ring (bicyclic) bond motifs is 1. The maximum Gasteiger partial charge on any atom is 0.337 e. The highest BCUT2D eigenvalue weighted by molar-refractivity contribution is 5.96. The summed E-state index contributed by atoms with van der Waals surface area (Å²) in [6, 6.07) is 5.19. The third kappa shape index (κ3) is 3.03. The molecule has 0 aliphatic heterocycles. The number of aromatic nitrogens is 2. The zero-order valence-corrected chi connectivity index (χ0v) is 11.3. The minimum absolute atomic E-state index is 0.0794. The Morgan fingerprint density at radius 2 is 2.25 bits per heavy atom. The third-order valence-electron chi connectivity index (χ3n) is 2.76. The smallest absolute Gasteiger partial charge is 0.337 e. The van der Waals surface area contributed by atoms with Crippen molar-refractivity contribution >= 4 is 28.9 Å². The maximum absolute atomic E-state index is 11.4. The average molecular weight is 273 g/mol. The van der Waals surface area contributed by atoms with Crippen molar-refractivity contribution in [3.63, 3.8) is 0 Å². The number of aromatic amines is 1. The Balaban J connectivity index is 2.20. The molecule has 0 bridgehead atoms. The zero-order chi connectivity index (χ0) is 14.5. The van der Waals surface area contributed by atoms with Crippen molar-refractivity contribution in [2.24, 2.45) is 0 Å². The molecule has 1 aromatic heterocycles. The molecule has 0 atom stereocenters. The van der Waals surface area contributed by atoms with Crippen LogP contribution in [0.4, 0.5) is 0 Å². The van der Waals surface area contributed by atoms with Gasteiger partial charge < -0.3 is 10.1 Å². The van der Waals surface area contributed by atoms with Gasteiger partial charge in [0.2, 0.25) is 5.91 Å².